The van der Waals surface area contributed by atoms with Crippen LogP contribution in [0.4, 0.5) is 11.4 Å². The van der Waals surface area contributed by atoms with Gasteiger partial charge >= 0.3 is 0 Å². The number of rotatable bonds is 8. The normalized spacial score (nSPS) is 10.9. The number of para-hydroxylation sites is 2. The first-order valence-corrected chi connectivity index (χ1v) is 11.1. The Hall–Kier alpha value is -3.52. The molecular weight excluding hydrogens is 416 g/mol. The van der Waals surface area contributed by atoms with Crippen molar-refractivity contribution in [1.29, 1.82) is 0 Å². The molecular formula is C23H24N2O5S. The second kappa shape index (κ2) is 9.53. The molecule has 31 heavy (non-hydrogen) atoms. The highest BCUT2D eigenvalue weighted by Gasteiger charge is 2.23. The topological polar surface area (TPSA) is 84.9 Å². The molecule has 0 fully saturated rings. The van der Waals surface area contributed by atoms with Crippen molar-refractivity contribution in [2.24, 2.45) is 0 Å². The smallest absolute Gasteiger partial charge is 0.264 e. The highest BCUT2D eigenvalue weighted by Crippen LogP contribution is 2.26. The van der Waals surface area contributed by atoms with Crippen LogP contribution in [0.25, 0.3) is 0 Å². The van der Waals surface area contributed by atoms with Gasteiger partial charge in [-0.25, -0.2) is 8.42 Å². The Morgan fingerprint density at radius 2 is 1.71 bits per heavy atom. The minimum atomic E-state index is -3.87. The first-order valence-electron chi connectivity index (χ1n) is 9.63. The van der Waals surface area contributed by atoms with Gasteiger partial charge in [-0.15, -0.1) is 0 Å². The third-order valence-corrected chi connectivity index (χ3v) is 6.41. The molecule has 3 rings (SSSR count). The second-order valence-electron chi connectivity index (χ2n) is 6.58. The molecule has 0 aliphatic rings. The van der Waals surface area contributed by atoms with Gasteiger partial charge in [0.05, 0.1) is 30.0 Å². The fourth-order valence-corrected chi connectivity index (χ4v) is 4.17. The van der Waals surface area contributed by atoms with Crippen molar-refractivity contribution in [3.8, 4) is 11.5 Å². The molecule has 0 saturated carbocycles. The number of methoxy groups -OCH3 is 1. The Bertz CT molecular complexity index is 1160. The third kappa shape index (κ3) is 4.97. The summed E-state index contributed by atoms with van der Waals surface area (Å²) in [6, 6.07) is 19.6. The summed E-state index contributed by atoms with van der Waals surface area (Å²) in [5.41, 5.74) is 1.20. The van der Waals surface area contributed by atoms with E-state index in [1.807, 2.05) is 13.0 Å². The molecule has 0 aliphatic carbocycles. The van der Waals surface area contributed by atoms with E-state index in [2.05, 4.69) is 5.32 Å². The Labute approximate surface area is 182 Å². The van der Waals surface area contributed by atoms with Crippen LogP contribution in [0.5, 0.6) is 11.5 Å². The molecule has 0 saturated heterocycles. The van der Waals surface area contributed by atoms with Gasteiger partial charge in [-0.05, 0) is 61.5 Å². The van der Waals surface area contributed by atoms with E-state index >= 15 is 0 Å². The molecule has 3 aromatic rings. The van der Waals surface area contributed by atoms with E-state index < -0.39 is 15.9 Å². The van der Waals surface area contributed by atoms with Gasteiger partial charge in [0.1, 0.15) is 11.5 Å². The number of carbonyl (C=O) groups is 1. The van der Waals surface area contributed by atoms with Crippen molar-refractivity contribution in [2.75, 3.05) is 30.4 Å². The monoisotopic (exact) mass is 440 g/mol. The van der Waals surface area contributed by atoms with Crippen LogP contribution in [-0.4, -0.2) is 35.1 Å². The van der Waals surface area contributed by atoms with Crippen LogP contribution >= 0.6 is 0 Å². The number of nitrogens with one attached hydrogen (secondary N) is 1. The molecule has 1 N–H and O–H groups in total. The van der Waals surface area contributed by atoms with Crippen molar-refractivity contribution in [2.45, 2.75) is 11.8 Å². The van der Waals surface area contributed by atoms with Gasteiger partial charge < -0.3 is 14.8 Å². The number of hydrogen-bond donors (Lipinski definition) is 1. The second-order valence-corrected chi connectivity index (χ2v) is 8.55. The fourth-order valence-electron chi connectivity index (χ4n) is 2.93. The molecule has 0 radical (unpaired) electrons. The summed E-state index contributed by atoms with van der Waals surface area (Å²) in [4.78, 5) is 12.8. The number of sulfonamides is 1. The summed E-state index contributed by atoms with van der Waals surface area (Å²) < 4.78 is 38.0. The zero-order valence-corrected chi connectivity index (χ0v) is 18.3. The first-order chi connectivity index (χ1) is 14.9. The molecule has 0 unspecified atom stereocenters. The van der Waals surface area contributed by atoms with Crippen LogP contribution in [0.3, 0.4) is 0 Å². The zero-order chi connectivity index (χ0) is 22.4. The Balaban J connectivity index is 1.85. The standard InChI is InChI=1S/C23H24N2O5S/c1-4-30-22-11-6-5-10-21(22)24-23(26)17-8-7-9-20(16-17)31(27,28)25(2)18-12-14-19(29-3)15-13-18/h5-16H,4H2,1-3H3,(H,24,26). The Morgan fingerprint density at radius 3 is 2.39 bits per heavy atom. The lowest BCUT2D eigenvalue weighted by atomic mass is 10.2. The van der Waals surface area contributed by atoms with Crippen molar-refractivity contribution < 1.29 is 22.7 Å². The maximum Gasteiger partial charge on any atom is 0.264 e. The summed E-state index contributed by atoms with van der Waals surface area (Å²) in [5, 5.41) is 2.78. The number of nitrogens with zero attached hydrogens (tertiary/aromatic N) is 1. The van der Waals surface area contributed by atoms with E-state index in [-0.39, 0.29) is 10.5 Å². The van der Waals surface area contributed by atoms with Gasteiger partial charge in [-0.3, -0.25) is 9.10 Å². The average molecular weight is 441 g/mol. The maximum absolute atomic E-state index is 13.1. The molecule has 8 heteroatoms. The van der Waals surface area contributed by atoms with Gasteiger partial charge in [0.25, 0.3) is 15.9 Å². The molecule has 1 amide bonds. The van der Waals surface area contributed by atoms with Gasteiger partial charge in [0, 0.05) is 12.6 Å². The van der Waals surface area contributed by atoms with Crippen molar-refractivity contribution in [3.05, 3.63) is 78.4 Å². The molecule has 0 heterocycles. The minimum Gasteiger partial charge on any atom is -0.497 e. The van der Waals surface area contributed by atoms with Gasteiger partial charge in [-0.1, -0.05) is 18.2 Å². The van der Waals surface area contributed by atoms with Crippen LogP contribution in [0.2, 0.25) is 0 Å². The van der Waals surface area contributed by atoms with E-state index in [1.54, 1.807) is 55.6 Å². The maximum atomic E-state index is 13.1. The van der Waals surface area contributed by atoms with E-state index in [1.165, 1.54) is 25.2 Å². The Morgan fingerprint density at radius 1 is 1.00 bits per heavy atom. The molecule has 0 bridgehead atoms. The highest BCUT2D eigenvalue weighted by atomic mass is 32.2. The summed E-state index contributed by atoms with van der Waals surface area (Å²) in [7, 11) is -0.868. The molecule has 162 valence electrons. The predicted molar refractivity (Wildman–Crippen MR) is 121 cm³/mol. The molecule has 0 atom stereocenters. The van der Waals surface area contributed by atoms with Crippen molar-refractivity contribution >= 4 is 27.3 Å². The third-order valence-electron chi connectivity index (χ3n) is 4.63. The van der Waals surface area contributed by atoms with E-state index in [4.69, 9.17) is 9.47 Å². The number of hydrogen-bond acceptors (Lipinski definition) is 5. The lowest BCUT2D eigenvalue weighted by Gasteiger charge is -2.20. The molecule has 3 aromatic carbocycles. The fraction of sp³-hybridized carbons (Fsp3) is 0.174. The summed E-state index contributed by atoms with van der Waals surface area (Å²) in [6.07, 6.45) is 0. The van der Waals surface area contributed by atoms with Gasteiger partial charge in [0.15, 0.2) is 0 Å². The van der Waals surface area contributed by atoms with E-state index in [0.29, 0.717) is 29.5 Å². The van der Waals surface area contributed by atoms with Gasteiger partial charge in [-0.2, -0.15) is 0 Å². The number of carbonyl (C=O) groups excluding carboxylic acids is 1. The Kier molecular flexibility index (Phi) is 6.81. The van der Waals surface area contributed by atoms with E-state index in [9.17, 15) is 13.2 Å². The number of anilines is 2. The van der Waals surface area contributed by atoms with Crippen LogP contribution in [0.15, 0.2) is 77.7 Å². The highest BCUT2D eigenvalue weighted by molar-refractivity contribution is 7.92. The lowest BCUT2D eigenvalue weighted by molar-refractivity contribution is 0.102. The summed E-state index contributed by atoms with van der Waals surface area (Å²) in [5.74, 6) is 0.734. The largest absolute Gasteiger partial charge is 0.497 e. The zero-order valence-electron chi connectivity index (χ0n) is 17.5. The van der Waals surface area contributed by atoms with E-state index in [0.717, 1.165) is 4.31 Å². The molecule has 0 aromatic heterocycles. The SMILES string of the molecule is CCOc1ccccc1NC(=O)c1cccc(S(=O)(=O)N(C)c2ccc(OC)cc2)c1. The van der Waals surface area contributed by atoms with Crippen molar-refractivity contribution in [1.82, 2.24) is 0 Å². The molecule has 0 spiro atoms. The van der Waals surface area contributed by atoms with Crippen molar-refractivity contribution in [3.63, 3.8) is 0 Å². The number of ether oxygens (including phenoxy) is 2. The van der Waals surface area contributed by atoms with Crippen LogP contribution in [0.1, 0.15) is 17.3 Å². The average Bonchev–Trinajstić information content (AvgIpc) is 2.80. The molecule has 0 aliphatic heterocycles. The van der Waals surface area contributed by atoms with Gasteiger partial charge in [0.2, 0.25) is 0 Å². The van der Waals surface area contributed by atoms with Crippen LogP contribution < -0.4 is 19.1 Å². The summed E-state index contributed by atoms with van der Waals surface area (Å²) >= 11 is 0. The number of amides is 1. The first kappa shape index (κ1) is 22.2. The lowest BCUT2D eigenvalue weighted by Crippen LogP contribution is -2.26. The minimum absolute atomic E-state index is 0.0107. The molecule has 7 nitrogen and oxygen atoms in total. The van der Waals surface area contributed by atoms with Crippen LogP contribution in [0, 0.1) is 0 Å². The number of benzene rings is 3. The van der Waals surface area contributed by atoms with Crippen LogP contribution in [-0.2, 0) is 10.0 Å². The quantitative estimate of drug-likeness (QED) is 0.568. The predicted octanol–water partition coefficient (Wildman–Crippen LogP) is 4.17. The summed E-state index contributed by atoms with van der Waals surface area (Å²) in [6.45, 7) is 2.31.